The molecule has 4 N–H and O–H groups in total. The van der Waals surface area contributed by atoms with Crippen LogP contribution in [-0.4, -0.2) is 22.3 Å². The van der Waals surface area contributed by atoms with Crippen molar-refractivity contribution < 1.29 is 10.2 Å². The SMILES string of the molecule is Oc1ccccc1-c1cccc(CN[C@H]2CCCC[C@H]2NCc2cccc(-c3ccccc3O)c2)c1. The van der Waals surface area contributed by atoms with E-state index in [1.807, 2.05) is 48.5 Å². The van der Waals surface area contributed by atoms with Crippen LogP contribution in [-0.2, 0) is 13.1 Å². The molecule has 0 aliphatic heterocycles. The third-order valence-electron chi connectivity index (χ3n) is 7.19. The lowest BCUT2D eigenvalue weighted by atomic mass is 9.89. The van der Waals surface area contributed by atoms with Crippen LogP contribution in [0.1, 0.15) is 36.8 Å². The van der Waals surface area contributed by atoms with Gasteiger partial charge >= 0.3 is 0 Å². The first-order valence-corrected chi connectivity index (χ1v) is 12.9. The lowest BCUT2D eigenvalue weighted by Crippen LogP contribution is -2.49. The van der Waals surface area contributed by atoms with Gasteiger partial charge in [-0.3, -0.25) is 0 Å². The van der Waals surface area contributed by atoms with Gasteiger partial charge in [-0.2, -0.15) is 0 Å². The summed E-state index contributed by atoms with van der Waals surface area (Å²) < 4.78 is 0. The minimum absolute atomic E-state index is 0.311. The van der Waals surface area contributed by atoms with E-state index in [1.165, 1.54) is 24.0 Å². The molecule has 0 saturated heterocycles. The average molecular weight is 479 g/mol. The summed E-state index contributed by atoms with van der Waals surface area (Å²) in [6.45, 7) is 1.60. The maximum absolute atomic E-state index is 10.2. The number of rotatable bonds is 8. The van der Waals surface area contributed by atoms with Gasteiger partial charge in [-0.15, -0.1) is 0 Å². The zero-order chi connectivity index (χ0) is 24.7. The molecule has 0 aromatic heterocycles. The molecule has 1 aliphatic carbocycles. The number of hydrogen-bond acceptors (Lipinski definition) is 4. The largest absolute Gasteiger partial charge is 0.507 e. The highest BCUT2D eigenvalue weighted by atomic mass is 16.3. The van der Waals surface area contributed by atoms with E-state index >= 15 is 0 Å². The fraction of sp³-hybridized carbons (Fsp3) is 0.250. The maximum atomic E-state index is 10.2. The van der Waals surface area contributed by atoms with Crippen molar-refractivity contribution in [1.29, 1.82) is 0 Å². The zero-order valence-electron chi connectivity index (χ0n) is 20.5. The van der Waals surface area contributed by atoms with E-state index in [9.17, 15) is 10.2 Å². The van der Waals surface area contributed by atoms with Crippen LogP contribution in [0, 0.1) is 0 Å². The number of phenols is 2. The van der Waals surface area contributed by atoms with Crippen molar-refractivity contribution >= 4 is 0 Å². The van der Waals surface area contributed by atoms with E-state index in [2.05, 4.69) is 47.0 Å². The molecule has 0 spiro atoms. The lowest BCUT2D eigenvalue weighted by Gasteiger charge is -2.33. The van der Waals surface area contributed by atoms with E-state index in [1.54, 1.807) is 12.1 Å². The molecule has 1 saturated carbocycles. The molecule has 1 aliphatic rings. The molecule has 0 bridgehead atoms. The molecule has 4 aromatic carbocycles. The molecule has 1 fully saturated rings. The number of nitrogens with one attached hydrogen (secondary N) is 2. The third-order valence-corrected chi connectivity index (χ3v) is 7.19. The van der Waals surface area contributed by atoms with E-state index < -0.39 is 0 Å². The quantitative estimate of drug-likeness (QED) is 0.230. The van der Waals surface area contributed by atoms with Gasteiger partial charge in [-0.25, -0.2) is 0 Å². The van der Waals surface area contributed by atoms with Crippen molar-refractivity contribution in [2.45, 2.75) is 50.9 Å². The Bertz CT molecular complexity index is 1200. The second-order valence-electron chi connectivity index (χ2n) is 9.69. The van der Waals surface area contributed by atoms with Gasteiger partial charge in [-0.05, 0) is 59.4 Å². The predicted octanol–water partition coefficient (Wildman–Crippen LogP) is 6.62. The van der Waals surface area contributed by atoms with Gasteiger partial charge in [0.15, 0.2) is 0 Å². The van der Waals surface area contributed by atoms with Crippen LogP contribution in [0.5, 0.6) is 11.5 Å². The second-order valence-corrected chi connectivity index (χ2v) is 9.69. The molecular weight excluding hydrogens is 444 g/mol. The Morgan fingerprint density at radius 2 is 1.00 bits per heavy atom. The van der Waals surface area contributed by atoms with Gasteiger partial charge in [0, 0.05) is 36.3 Å². The second kappa shape index (κ2) is 11.4. The van der Waals surface area contributed by atoms with Crippen LogP contribution < -0.4 is 10.6 Å². The van der Waals surface area contributed by atoms with Gasteiger partial charge in [0.05, 0.1) is 0 Å². The number of hydrogen-bond donors (Lipinski definition) is 4. The van der Waals surface area contributed by atoms with Gasteiger partial charge in [-0.1, -0.05) is 85.6 Å². The molecular formula is C32H34N2O2. The predicted molar refractivity (Wildman–Crippen MR) is 147 cm³/mol. The minimum atomic E-state index is 0.311. The molecule has 0 radical (unpaired) electrons. The van der Waals surface area contributed by atoms with E-state index in [0.717, 1.165) is 48.2 Å². The minimum Gasteiger partial charge on any atom is -0.507 e. The summed E-state index contributed by atoms with van der Waals surface area (Å²) in [5.41, 5.74) is 6.24. The average Bonchev–Trinajstić information content (AvgIpc) is 2.92. The highest BCUT2D eigenvalue weighted by Gasteiger charge is 2.24. The molecule has 4 aromatic rings. The van der Waals surface area contributed by atoms with Crippen LogP contribution in [0.3, 0.4) is 0 Å². The van der Waals surface area contributed by atoms with Gasteiger partial charge in [0.25, 0.3) is 0 Å². The van der Waals surface area contributed by atoms with Crippen LogP contribution in [0.2, 0.25) is 0 Å². The summed E-state index contributed by atoms with van der Waals surface area (Å²) in [6.07, 6.45) is 4.82. The van der Waals surface area contributed by atoms with Crippen LogP contribution in [0.15, 0.2) is 97.1 Å². The Labute approximate surface area is 213 Å². The summed E-state index contributed by atoms with van der Waals surface area (Å²) in [5.74, 6) is 0.622. The van der Waals surface area contributed by atoms with Crippen LogP contribution >= 0.6 is 0 Å². The highest BCUT2D eigenvalue weighted by molar-refractivity contribution is 5.71. The normalized spacial score (nSPS) is 17.7. The van der Waals surface area contributed by atoms with Crippen molar-refractivity contribution in [3.05, 3.63) is 108 Å². The number of phenolic OH excluding ortho intramolecular Hbond substituents is 2. The first-order chi connectivity index (χ1) is 17.7. The van der Waals surface area contributed by atoms with Crippen molar-refractivity contribution in [3.8, 4) is 33.8 Å². The Morgan fingerprint density at radius 1 is 0.556 bits per heavy atom. The molecule has 2 atom stereocenters. The first-order valence-electron chi connectivity index (χ1n) is 12.9. The number of benzene rings is 4. The molecule has 184 valence electrons. The monoisotopic (exact) mass is 478 g/mol. The molecule has 5 rings (SSSR count). The van der Waals surface area contributed by atoms with Crippen LogP contribution in [0.25, 0.3) is 22.3 Å². The lowest BCUT2D eigenvalue weighted by molar-refractivity contribution is 0.281. The Hall–Kier alpha value is -3.60. The molecule has 4 nitrogen and oxygen atoms in total. The summed E-state index contributed by atoms with van der Waals surface area (Å²) >= 11 is 0. The van der Waals surface area contributed by atoms with E-state index in [4.69, 9.17) is 0 Å². The van der Waals surface area contributed by atoms with Crippen LogP contribution in [0.4, 0.5) is 0 Å². The Morgan fingerprint density at radius 3 is 1.44 bits per heavy atom. The number of para-hydroxylation sites is 2. The molecule has 4 heteroatoms. The summed E-state index contributed by atoms with van der Waals surface area (Å²) in [7, 11) is 0. The summed E-state index contributed by atoms with van der Waals surface area (Å²) in [5, 5.41) is 28.1. The third kappa shape index (κ3) is 5.78. The topological polar surface area (TPSA) is 64.5 Å². The first kappa shape index (κ1) is 24.1. The van der Waals surface area contributed by atoms with Gasteiger partial charge in [0.1, 0.15) is 11.5 Å². The maximum Gasteiger partial charge on any atom is 0.123 e. The molecule has 0 heterocycles. The summed E-state index contributed by atoms with van der Waals surface area (Å²) in [4.78, 5) is 0. The molecule has 0 unspecified atom stereocenters. The Balaban J connectivity index is 1.22. The fourth-order valence-corrected chi connectivity index (χ4v) is 5.25. The fourth-order valence-electron chi connectivity index (χ4n) is 5.25. The standard InChI is InChI=1S/C32H34N2O2/c35-31-17-5-1-13-27(31)25-11-7-9-23(19-25)21-33-29-15-3-4-16-30(29)34-22-24-10-8-12-26(20-24)28-14-2-6-18-32(28)36/h1-2,5-14,17-20,29-30,33-36H,3-4,15-16,21-22H2/t29-,30+. The van der Waals surface area contributed by atoms with E-state index in [0.29, 0.717) is 23.6 Å². The summed E-state index contributed by atoms with van der Waals surface area (Å²) in [6, 6.07) is 32.6. The van der Waals surface area contributed by atoms with Crippen molar-refractivity contribution in [2.24, 2.45) is 0 Å². The van der Waals surface area contributed by atoms with E-state index in [-0.39, 0.29) is 0 Å². The Kier molecular flexibility index (Phi) is 7.65. The van der Waals surface area contributed by atoms with Crippen molar-refractivity contribution in [1.82, 2.24) is 10.6 Å². The smallest absolute Gasteiger partial charge is 0.123 e. The highest BCUT2D eigenvalue weighted by Crippen LogP contribution is 2.30. The zero-order valence-corrected chi connectivity index (χ0v) is 20.5. The number of aromatic hydroxyl groups is 2. The molecule has 0 amide bonds. The van der Waals surface area contributed by atoms with Crippen molar-refractivity contribution in [3.63, 3.8) is 0 Å². The molecule has 36 heavy (non-hydrogen) atoms. The van der Waals surface area contributed by atoms with Gasteiger partial charge in [0.2, 0.25) is 0 Å². The van der Waals surface area contributed by atoms with Crippen molar-refractivity contribution in [2.75, 3.05) is 0 Å². The van der Waals surface area contributed by atoms with Gasteiger partial charge < -0.3 is 20.8 Å².